The Balaban J connectivity index is 1.31. The number of aromatic nitrogens is 1. The molecule has 0 N–H and O–H groups in total. The van der Waals surface area contributed by atoms with E-state index >= 15 is 0 Å². The van der Waals surface area contributed by atoms with Gasteiger partial charge in [0.15, 0.2) is 0 Å². The van der Waals surface area contributed by atoms with Gasteiger partial charge in [-0.15, -0.1) is 11.3 Å². The van der Waals surface area contributed by atoms with Gasteiger partial charge in [0.25, 0.3) is 6.71 Å². The van der Waals surface area contributed by atoms with E-state index in [1.54, 1.807) is 11.1 Å². The first kappa shape index (κ1) is 35.1. The van der Waals surface area contributed by atoms with Gasteiger partial charge in [-0.25, -0.2) is 0 Å². The molecule has 2 nitrogen and oxygen atoms in total. The third kappa shape index (κ3) is 4.83. The summed E-state index contributed by atoms with van der Waals surface area (Å²) in [6.45, 7) is 22.1. The molecule has 0 spiro atoms. The zero-order chi connectivity index (χ0) is 39.4. The maximum Gasteiger partial charge on any atom is 0.260 e. The Kier molecular flexibility index (Phi) is 7.11. The first-order valence-electron chi connectivity index (χ1n) is 20.9. The van der Waals surface area contributed by atoms with Gasteiger partial charge in [0.05, 0.1) is 16.7 Å². The fraction of sp³-hybridized carbons (Fsp3) is 0.283. The maximum atomic E-state index is 2.69. The van der Waals surface area contributed by atoms with Crippen LogP contribution in [0.15, 0.2) is 121 Å². The summed E-state index contributed by atoms with van der Waals surface area (Å²) in [6, 6.07) is 46.8. The average molecular weight is 759 g/mol. The van der Waals surface area contributed by atoms with Crippen molar-refractivity contribution in [2.75, 3.05) is 4.90 Å². The van der Waals surface area contributed by atoms with Crippen molar-refractivity contribution in [1.29, 1.82) is 0 Å². The fourth-order valence-corrected chi connectivity index (χ4v) is 12.2. The second-order valence-corrected chi connectivity index (χ2v) is 21.1. The molecule has 0 radical (unpaired) electrons. The second-order valence-electron chi connectivity index (χ2n) is 20.1. The Hall–Kier alpha value is -5.06. The van der Waals surface area contributed by atoms with E-state index in [-0.39, 0.29) is 28.4 Å². The quantitative estimate of drug-likeness (QED) is 0.159. The smallest absolute Gasteiger partial charge is 0.260 e. The van der Waals surface area contributed by atoms with E-state index in [1.807, 2.05) is 11.3 Å². The summed E-state index contributed by atoms with van der Waals surface area (Å²) in [6.07, 6.45) is 2.41. The molecule has 3 aliphatic rings. The Labute approximate surface area is 342 Å². The fourth-order valence-electron chi connectivity index (χ4n) is 10.9. The first-order chi connectivity index (χ1) is 27.1. The zero-order valence-electron chi connectivity index (χ0n) is 34.8. The number of nitrogens with zero attached hydrogens (tertiary/aromatic N) is 2. The molecule has 0 amide bonds. The molecule has 0 unspecified atom stereocenters. The monoisotopic (exact) mass is 758 g/mol. The predicted octanol–water partition coefficient (Wildman–Crippen LogP) is 12.6. The van der Waals surface area contributed by atoms with Gasteiger partial charge in [-0.2, -0.15) is 0 Å². The number of hydrogen-bond donors (Lipinski definition) is 0. The Morgan fingerprint density at radius 2 is 1.19 bits per heavy atom. The summed E-state index contributed by atoms with van der Waals surface area (Å²) in [4.78, 5) is 2.64. The SMILES string of the molecule is CC(C)(C)c1ccc2sc3c(c2c1)N(c1ccccc1)c1cc(-n2c4ccccc4c4ccccc42)cc2c1B3c1cc3c(cc1C2(C)C)C(C)(C)CCC3(C)C. The van der Waals surface area contributed by atoms with Crippen molar-refractivity contribution in [1.82, 2.24) is 4.57 Å². The molecule has 0 saturated carbocycles. The van der Waals surface area contributed by atoms with Crippen LogP contribution in [0, 0.1) is 0 Å². The molecular formula is C53H51BN2S. The summed E-state index contributed by atoms with van der Waals surface area (Å²) in [5, 5.41) is 3.94. The molecule has 11 rings (SSSR count). The van der Waals surface area contributed by atoms with Crippen LogP contribution in [0.5, 0.6) is 0 Å². The van der Waals surface area contributed by atoms with E-state index in [4.69, 9.17) is 0 Å². The van der Waals surface area contributed by atoms with Crippen LogP contribution in [0.4, 0.5) is 17.1 Å². The van der Waals surface area contributed by atoms with Crippen LogP contribution in [0.1, 0.15) is 103 Å². The lowest BCUT2D eigenvalue weighted by Gasteiger charge is -2.48. The summed E-state index contributed by atoms with van der Waals surface area (Å²) in [5.41, 5.74) is 17.9. The van der Waals surface area contributed by atoms with Crippen LogP contribution in [-0.4, -0.2) is 11.3 Å². The van der Waals surface area contributed by atoms with Crippen molar-refractivity contribution in [2.45, 2.75) is 96.8 Å². The molecule has 0 saturated heterocycles. The van der Waals surface area contributed by atoms with Crippen LogP contribution in [0.2, 0.25) is 0 Å². The minimum absolute atomic E-state index is 0.0307. The van der Waals surface area contributed by atoms with Gasteiger partial charge in [0.2, 0.25) is 0 Å². The Morgan fingerprint density at radius 3 is 1.84 bits per heavy atom. The van der Waals surface area contributed by atoms with Gasteiger partial charge in [-0.1, -0.05) is 141 Å². The maximum absolute atomic E-state index is 2.69. The molecule has 4 heteroatoms. The van der Waals surface area contributed by atoms with Crippen molar-refractivity contribution in [2.24, 2.45) is 0 Å². The van der Waals surface area contributed by atoms with Gasteiger partial charge in [-0.3, -0.25) is 0 Å². The molecule has 1 aliphatic carbocycles. The number of thiophene rings is 1. The molecule has 0 atom stereocenters. The minimum atomic E-state index is -0.243. The number of para-hydroxylation sites is 3. The third-order valence-corrected chi connectivity index (χ3v) is 15.5. The van der Waals surface area contributed by atoms with Crippen molar-refractivity contribution < 1.29 is 0 Å². The molecule has 0 fully saturated rings. The van der Waals surface area contributed by atoms with Gasteiger partial charge in [0, 0.05) is 48.1 Å². The molecular weight excluding hydrogens is 707 g/mol. The van der Waals surface area contributed by atoms with E-state index in [0.717, 1.165) is 0 Å². The van der Waals surface area contributed by atoms with Crippen molar-refractivity contribution in [3.63, 3.8) is 0 Å². The van der Waals surface area contributed by atoms with E-state index in [2.05, 4.69) is 193 Å². The normalized spacial score (nSPS) is 17.4. The highest BCUT2D eigenvalue weighted by atomic mass is 32.1. The van der Waals surface area contributed by atoms with E-state index in [1.165, 1.54) is 99.9 Å². The van der Waals surface area contributed by atoms with E-state index < -0.39 is 0 Å². The summed E-state index contributed by atoms with van der Waals surface area (Å²) in [5.74, 6) is 0. The standard InChI is InChI=1S/C53H51BN2S/c1-50(2,3)32-23-24-46-37(27-32)48-49(57-46)54-42-31-39-38(51(4,5)25-26-52(39,6)7)30-40(42)53(8,9)41-28-34(29-45(47(41)54)56(48)33-17-11-10-12-18-33)55-43-21-15-13-19-35(43)36-20-14-16-22-44(36)55/h10-24,27-31H,25-26H2,1-9H3. The van der Waals surface area contributed by atoms with Crippen molar-refractivity contribution in [3.05, 3.63) is 149 Å². The van der Waals surface area contributed by atoms with Gasteiger partial charge < -0.3 is 9.47 Å². The lowest BCUT2D eigenvalue weighted by molar-refractivity contribution is 0.331. The van der Waals surface area contributed by atoms with Crippen LogP contribution in [-0.2, 0) is 21.7 Å². The number of fused-ring (bicyclic) bond motifs is 10. The molecule has 0 bridgehead atoms. The first-order valence-corrected chi connectivity index (χ1v) is 21.8. The van der Waals surface area contributed by atoms with Crippen LogP contribution >= 0.6 is 11.3 Å². The van der Waals surface area contributed by atoms with Crippen LogP contribution in [0.3, 0.4) is 0 Å². The summed E-state index contributed by atoms with van der Waals surface area (Å²) in [7, 11) is 0. The lowest BCUT2D eigenvalue weighted by Crippen LogP contribution is -2.63. The van der Waals surface area contributed by atoms with E-state index in [0.29, 0.717) is 0 Å². The highest BCUT2D eigenvalue weighted by Crippen LogP contribution is 2.51. The summed E-state index contributed by atoms with van der Waals surface area (Å²) < 4.78 is 5.35. The van der Waals surface area contributed by atoms with E-state index in [9.17, 15) is 0 Å². The van der Waals surface area contributed by atoms with Gasteiger partial charge in [-0.05, 0) is 111 Å². The topological polar surface area (TPSA) is 8.17 Å². The molecule has 2 aliphatic heterocycles. The summed E-state index contributed by atoms with van der Waals surface area (Å²) >= 11 is 2.02. The predicted molar refractivity (Wildman–Crippen MR) is 248 cm³/mol. The second kappa shape index (κ2) is 11.5. The van der Waals surface area contributed by atoms with Gasteiger partial charge in [0.1, 0.15) is 0 Å². The lowest BCUT2D eigenvalue weighted by atomic mass is 9.32. The Morgan fingerprint density at radius 1 is 0.579 bits per heavy atom. The molecule has 4 heterocycles. The van der Waals surface area contributed by atoms with Crippen LogP contribution in [0.25, 0.3) is 37.6 Å². The highest BCUT2D eigenvalue weighted by Gasteiger charge is 2.50. The molecule has 57 heavy (non-hydrogen) atoms. The number of anilines is 3. The number of hydrogen-bond acceptors (Lipinski definition) is 2. The largest absolute Gasteiger partial charge is 0.310 e. The number of rotatable bonds is 2. The Bertz CT molecular complexity index is 2930. The molecule has 6 aromatic carbocycles. The number of benzene rings is 6. The average Bonchev–Trinajstić information content (AvgIpc) is 3.73. The van der Waals surface area contributed by atoms with Gasteiger partial charge >= 0.3 is 0 Å². The van der Waals surface area contributed by atoms with Crippen molar-refractivity contribution in [3.8, 4) is 5.69 Å². The van der Waals surface area contributed by atoms with Crippen LogP contribution < -0.4 is 20.6 Å². The minimum Gasteiger partial charge on any atom is -0.310 e. The molecule has 2 aromatic heterocycles. The molecule has 8 aromatic rings. The highest BCUT2D eigenvalue weighted by molar-refractivity contribution is 7.33. The van der Waals surface area contributed by atoms with Crippen molar-refractivity contribution >= 4 is 82.7 Å². The third-order valence-electron chi connectivity index (χ3n) is 14.2. The molecule has 282 valence electrons. The zero-order valence-corrected chi connectivity index (χ0v) is 35.7.